The minimum absolute atomic E-state index is 0.0957. The maximum absolute atomic E-state index is 11.8. The quantitative estimate of drug-likeness (QED) is 0.686. The van der Waals surface area contributed by atoms with Crippen LogP contribution in [0.5, 0.6) is 0 Å². The van der Waals surface area contributed by atoms with Gasteiger partial charge in [-0.25, -0.2) is 17.9 Å². The number of aromatic nitrogens is 2. The minimum atomic E-state index is -3.14. The number of nitrogens with one attached hydrogen (secondary N) is 1. The summed E-state index contributed by atoms with van der Waals surface area (Å²) in [5, 5.41) is 7.28. The van der Waals surface area contributed by atoms with E-state index in [-0.39, 0.29) is 23.7 Å². The van der Waals surface area contributed by atoms with Gasteiger partial charge in [-0.05, 0) is 18.8 Å². The molecule has 1 aromatic rings. The van der Waals surface area contributed by atoms with Gasteiger partial charge in [0.15, 0.2) is 5.82 Å². The number of carbonyl (C=O) groups is 1. The molecule has 118 valence electrons. The third kappa shape index (κ3) is 4.10. The molecule has 0 bridgehead atoms. The van der Waals surface area contributed by atoms with Crippen LogP contribution in [-0.2, 0) is 21.1 Å². The van der Waals surface area contributed by atoms with Gasteiger partial charge in [0.05, 0.1) is 19.4 Å². The van der Waals surface area contributed by atoms with Crippen molar-refractivity contribution in [2.75, 3.05) is 36.7 Å². The van der Waals surface area contributed by atoms with Gasteiger partial charge in [-0.1, -0.05) is 0 Å². The van der Waals surface area contributed by atoms with Gasteiger partial charge in [0.1, 0.15) is 21.2 Å². The number of anilines is 2. The Balaban J connectivity index is 2.21. The molecule has 0 saturated heterocycles. The van der Waals surface area contributed by atoms with Gasteiger partial charge >= 0.3 is 5.97 Å². The van der Waals surface area contributed by atoms with Gasteiger partial charge in [-0.3, -0.25) is 0 Å². The third-order valence-corrected chi connectivity index (χ3v) is 4.23. The second-order valence-corrected chi connectivity index (χ2v) is 7.54. The molecule has 1 fully saturated rings. The molecular weight excluding hydrogens is 296 g/mol. The maximum atomic E-state index is 11.8. The lowest BCUT2D eigenvalue weighted by atomic mass is 10.3. The SMILES string of the molecule is COC(=O)c1c(NCC2CC2)nn(CCS(C)(=O)=O)c1N. The van der Waals surface area contributed by atoms with Crippen molar-refractivity contribution in [3.8, 4) is 0 Å². The molecule has 0 aromatic carbocycles. The number of nitrogen functional groups attached to an aromatic ring is 1. The number of nitrogens with zero attached hydrogens (tertiary/aromatic N) is 2. The monoisotopic (exact) mass is 316 g/mol. The fourth-order valence-electron chi connectivity index (χ4n) is 1.89. The van der Waals surface area contributed by atoms with E-state index >= 15 is 0 Å². The summed E-state index contributed by atoms with van der Waals surface area (Å²) in [7, 11) is -1.87. The fourth-order valence-corrected chi connectivity index (χ4v) is 2.39. The Bertz CT molecular complexity index is 634. The summed E-state index contributed by atoms with van der Waals surface area (Å²) in [6, 6.07) is 0. The molecule has 0 amide bonds. The summed E-state index contributed by atoms with van der Waals surface area (Å²) >= 11 is 0. The zero-order valence-corrected chi connectivity index (χ0v) is 12.9. The normalized spacial score (nSPS) is 15.0. The number of hydrogen-bond donors (Lipinski definition) is 2. The molecule has 2 rings (SSSR count). The molecule has 0 unspecified atom stereocenters. The summed E-state index contributed by atoms with van der Waals surface area (Å²) in [4.78, 5) is 11.8. The van der Waals surface area contributed by atoms with Crippen molar-refractivity contribution < 1.29 is 17.9 Å². The van der Waals surface area contributed by atoms with Crippen molar-refractivity contribution in [2.24, 2.45) is 5.92 Å². The van der Waals surface area contributed by atoms with Gasteiger partial charge < -0.3 is 15.8 Å². The summed E-state index contributed by atoms with van der Waals surface area (Å²) in [6.45, 7) is 0.812. The van der Waals surface area contributed by atoms with Crippen molar-refractivity contribution >= 4 is 27.4 Å². The van der Waals surface area contributed by atoms with Crippen LogP contribution in [0, 0.1) is 5.92 Å². The Labute approximate surface area is 123 Å². The van der Waals surface area contributed by atoms with E-state index in [2.05, 4.69) is 10.4 Å². The first-order chi connectivity index (χ1) is 9.81. The van der Waals surface area contributed by atoms with Crippen LogP contribution in [0.3, 0.4) is 0 Å². The molecule has 0 radical (unpaired) electrons. The van der Waals surface area contributed by atoms with Crippen LogP contribution < -0.4 is 11.1 Å². The number of aryl methyl sites for hydroxylation is 1. The van der Waals surface area contributed by atoms with E-state index in [4.69, 9.17) is 10.5 Å². The molecule has 3 N–H and O–H groups in total. The van der Waals surface area contributed by atoms with E-state index in [1.54, 1.807) is 0 Å². The predicted octanol–water partition coefficient (Wildman–Crippen LogP) is 0.118. The van der Waals surface area contributed by atoms with Crippen LogP contribution in [0.25, 0.3) is 0 Å². The van der Waals surface area contributed by atoms with Crippen LogP contribution in [0.1, 0.15) is 23.2 Å². The van der Waals surface area contributed by atoms with Gasteiger partial charge in [0.25, 0.3) is 0 Å². The predicted molar refractivity (Wildman–Crippen MR) is 78.9 cm³/mol. The number of nitrogens with two attached hydrogens (primary N) is 1. The minimum Gasteiger partial charge on any atom is -0.465 e. The van der Waals surface area contributed by atoms with Crippen molar-refractivity contribution in [1.82, 2.24) is 9.78 Å². The molecule has 1 aliphatic rings. The summed E-state index contributed by atoms with van der Waals surface area (Å²) in [5.74, 6) is 0.375. The molecule has 9 heteroatoms. The average Bonchev–Trinajstić information content (AvgIpc) is 3.17. The first-order valence-electron chi connectivity index (χ1n) is 6.68. The molecule has 0 atom stereocenters. The van der Waals surface area contributed by atoms with Gasteiger partial charge in [-0.15, -0.1) is 0 Å². The van der Waals surface area contributed by atoms with Crippen LogP contribution >= 0.6 is 0 Å². The molecule has 8 nitrogen and oxygen atoms in total. The Morgan fingerprint density at radius 1 is 1.52 bits per heavy atom. The highest BCUT2D eigenvalue weighted by Crippen LogP contribution is 2.30. The van der Waals surface area contributed by atoms with Crippen LogP contribution in [0.15, 0.2) is 0 Å². The number of hydrogen-bond acceptors (Lipinski definition) is 7. The molecular formula is C12H20N4O4S. The lowest BCUT2D eigenvalue weighted by molar-refractivity contribution is 0.0603. The second kappa shape index (κ2) is 5.92. The topological polar surface area (TPSA) is 116 Å². The Kier molecular flexibility index (Phi) is 4.40. The van der Waals surface area contributed by atoms with Gasteiger partial charge in [0.2, 0.25) is 0 Å². The van der Waals surface area contributed by atoms with Crippen LogP contribution in [0.4, 0.5) is 11.6 Å². The number of carbonyl (C=O) groups excluding carboxylic acids is 1. The van der Waals surface area contributed by atoms with Gasteiger partial charge in [0, 0.05) is 12.8 Å². The number of ether oxygens (including phenoxy) is 1. The average molecular weight is 316 g/mol. The van der Waals surface area contributed by atoms with Crippen molar-refractivity contribution in [1.29, 1.82) is 0 Å². The van der Waals surface area contributed by atoms with Crippen molar-refractivity contribution in [2.45, 2.75) is 19.4 Å². The van der Waals surface area contributed by atoms with Crippen LogP contribution in [-0.4, -0.2) is 49.8 Å². The highest BCUT2D eigenvalue weighted by molar-refractivity contribution is 7.90. The molecule has 0 aliphatic heterocycles. The van der Waals surface area contributed by atoms with Crippen molar-refractivity contribution in [3.05, 3.63) is 5.56 Å². The summed E-state index contributed by atoms with van der Waals surface area (Å²) < 4.78 is 28.5. The first kappa shape index (κ1) is 15.6. The zero-order chi connectivity index (χ0) is 15.6. The lowest BCUT2D eigenvalue weighted by Crippen LogP contribution is -2.15. The Morgan fingerprint density at radius 2 is 2.19 bits per heavy atom. The zero-order valence-electron chi connectivity index (χ0n) is 12.1. The fraction of sp³-hybridized carbons (Fsp3) is 0.667. The van der Waals surface area contributed by atoms with E-state index in [9.17, 15) is 13.2 Å². The Morgan fingerprint density at radius 3 is 2.71 bits per heavy atom. The second-order valence-electron chi connectivity index (χ2n) is 5.28. The highest BCUT2D eigenvalue weighted by Gasteiger charge is 2.26. The first-order valence-corrected chi connectivity index (χ1v) is 8.74. The van der Waals surface area contributed by atoms with Gasteiger partial charge in [-0.2, -0.15) is 5.10 Å². The summed E-state index contributed by atoms with van der Waals surface area (Å²) in [5.41, 5.74) is 6.06. The van der Waals surface area contributed by atoms with E-state index in [0.29, 0.717) is 18.3 Å². The number of rotatable bonds is 7. The third-order valence-electron chi connectivity index (χ3n) is 3.31. The van der Waals surface area contributed by atoms with E-state index in [0.717, 1.165) is 19.1 Å². The molecule has 1 saturated carbocycles. The highest BCUT2D eigenvalue weighted by atomic mass is 32.2. The van der Waals surface area contributed by atoms with Crippen molar-refractivity contribution in [3.63, 3.8) is 0 Å². The smallest absolute Gasteiger partial charge is 0.345 e. The number of methoxy groups -OCH3 is 1. The molecule has 0 spiro atoms. The molecule has 21 heavy (non-hydrogen) atoms. The Hall–Kier alpha value is -1.77. The summed E-state index contributed by atoms with van der Waals surface area (Å²) in [6.07, 6.45) is 3.45. The standard InChI is InChI=1S/C12H20N4O4S/c1-20-12(17)9-10(13)16(5-6-21(2,18)19)15-11(9)14-7-8-3-4-8/h8H,3-7,13H2,1-2H3,(H,14,15). The molecule has 1 aromatic heterocycles. The molecule has 1 aliphatic carbocycles. The number of sulfone groups is 1. The van der Waals surface area contributed by atoms with E-state index < -0.39 is 15.8 Å². The maximum Gasteiger partial charge on any atom is 0.345 e. The largest absolute Gasteiger partial charge is 0.465 e. The van der Waals surface area contributed by atoms with E-state index in [1.807, 2.05) is 0 Å². The van der Waals surface area contributed by atoms with E-state index in [1.165, 1.54) is 11.8 Å². The lowest BCUT2D eigenvalue weighted by Gasteiger charge is -2.03. The molecule has 1 heterocycles. The van der Waals surface area contributed by atoms with Crippen LogP contribution in [0.2, 0.25) is 0 Å². The number of esters is 1.